The van der Waals surface area contributed by atoms with E-state index in [1.165, 1.54) is 75.4 Å². The lowest BCUT2D eigenvalue weighted by molar-refractivity contribution is -0.119. The Morgan fingerprint density at radius 1 is 0.614 bits per heavy atom. The van der Waals surface area contributed by atoms with Crippen LogP contribution in [-0.2, 0) is 19.7 Å². The van der Waals surface area contributed by atoms with E-state index < -0.39 is 52.2 Å². The molecule has 1 aliphatic carbocycles. The Hall–Kier alpha value is -7.66. The maximum Gasteiger partial charge on any atom is 0.343 e. The first-order chi connectivity index (χ1) is 27.4. The summed E-state index contributed by atoms with van der Waals surface area (Å²) in [5, 5.41) is 0. The predicted octanol–water partition coefficient (Wildman–Crippen LogP) is 8.23. The van der Waals surface area contributed by atoms with Crippen LogP contribution in [0.5, 0.6) is 17.2 Å². The van der Waals surface area contributed by atoms with Crippen molar-refractivity contribution in [1.82, 2.24) is 0 Å². The molecule has 0 radical (unpaired) electrons. The van der Waals surface area contributed by atoms with Gasteiger partial charge in [-0.3, -0.25) is 9.59 Å². The van der Waals surface area contributed by atoms with Crippen molar-refractivity contribution in [2.75, 3.05) is 0 Å². The van der Waals surface area contributed by atoms with E-state index in [1.807, 2.05) is 0 Å². The maximum atomic E-state index is 15.2. The fourth-order valence-corrected chi connectivity index (χ4v) is 6.55. The second-order valence-electron chi connectivity index (χ2n) is 13.2. The van der Waals surface area contributed by atoms with Crippen molar-refractivity contribution in [3.8, 4) is 17.2 Å². The van der Waals surface area contributed by atoms with Gasteiger partial charge >= 0.3 is 23.9 Å². The first-order valence-electron chi connectivity index (χ1n) is 17.6. The maximum absolute atomic E-state index is 15.2. The van der Waals surface area contributed by atoms with Crippen molar-refractivity contribution < 1.29 is 52.5 Å². The molecule has 5 aromatic carbocycles. The van der Waals surface area contributed by atoms with Gasteiger partial charge in [0.15, 0.2) is 17.3 Å². The number of rotatable bonds is 10. The Morgan fingerprint density at radius 3 is 1.49 bits per heavy atom. The Morgan fingerprint density at radius 2 is 1.04 bits per heavy atom. The van der Waals surface area contributed by atoms with Crippen LogP contribution in [0, 0.1) is 6.92 Å². The van der Waals surface area contributed by atoms with Crippen LogP contribution in [0.4, 0.5) is 0 Å². The fourth-order valence-electron chi connectivity index (χ4n) is 6.55. The van der Waals surface area contributed by atoms with Crippen LogP contribution >= 0.6 is 0 Å². The van der Waals surface area contributed by atoms with E-state index in [2.05, 4.69) is 6.58 Å². The minimum Gasteiger partial charge on any atom is -0.459 e. The van der Waals surface area contributed by atoms with Gasteiger partial charge in [0, 0.05) is 11.6 Å². The summed E-state index contributed by atoms with van der Waals surface area (Å²) < 4.78 is 29.7. The Labute approximate surface area is 326 Å². The normalized spacial score (nSPS) is 15.3. The van der Waals surface area contributed by atoms with Crippen LogP contribution in [0.3, 0.4) is 0 Å². The summed E-state index contributed by atoms with van der Waals surface area (Å²) in [6.45, 7) is 8.03. The summed E-state index contributed by atoms with van der Waals surface area (Å²) in [5.41, 5.74) is -2.02. The minimum absolute atomic E-state index is 0.0209. The van der Waals surface area contributed by atoms with Crippen molar-refractivity contribution >= 4 is 35.4 Å². The smallest absolute Gasteiger partial charge is 0.343 e. The Kier molecular flexibility index (Phi) is 10.1. The lowest BCUT2D eigenvalue weighted by Gasteiger charge is -2.30. The number of hydrogen-bond acceptors (Lipinski definition) is 11. The average molecular weight is 761 g/mol. The van der Waals surface area contributed by atoms with E-state index in [4.69, 9.17) is 23.7 Å². The van der Waals surface area contributed by atoms with Crippen molar-refractivity contribution in [1.29, 1.82) is 0 Å². The van der Waals surface area contributed by atoms with Gasteiger partial charge < -0.3 is 23.7 Å². The number of carbonyl (C=O) groups is 6. The molecule has 0 fully saturated rings. The molecule has 1 atom stereocenters. The highest BCUT2D eigenvalue weighted by atomic mass is 16.6. The summed E-state index contributed by atoms with van der Waals surface area (Å²) in [7, 11) is 0. The number of carbonyl (C=O) groups excluding carboxylic acids is 6. The molecule has 2 aliphatic rings. The molecule has 0 spiro atoms. The Bertz CT molecular complexity index is 2570. The molecule has 0 amide bonds. The molecule has 57 heavy (non-hydrogen) atoms. The van der Waals surface area contributed by atoms with Crippen LogP contribution in [-0.4, -0.2) is 35.4 Å². The third-order valence-electron chi connectivity index (χ3n) is 9.46. The fraction of sp³-hybridized carbons (Fsp3) is 0.0870. The van der Waals surface area contributed by atoms with E-state index in [0.29, 0.717) is 0 Å². The molecule has 1 aliphatic heterocycles. The number of ketones is 2. The molecule has 0 N–H and O–H groups in total. The van der Waals surface area contributed by atoms with Gasteiger partial charge in [-0.15, -0.1) is 0 Å². The van der Waals surface area contributed by atoms with Gasteiger partial charge in [-0.1, -0.05) is 79.4 Å². The van der Waals surface area contributed by atoms with Crippen molar-refractivity contribution in [2.45, 2.75) is 26.2 Å². The average Bonchev–Trinajstić information content (AvgIpc) is 3.52. The number of allylic oxidation sites excluding steroid dienone is 3. The van der Waals surface area contributed by atoms with E-state index in [1.54, 1.807) is 72.8 Å². The number of fused-ring (bicyclic) bond motifs is 3. The molecule has 0 saturated carbocycles. The largest absolute Gasteiger partial charge is 0.459 e. The zero-order valence-corrected chi connectivity index (χ0v) is 30.8. The highest BCUT2D eigenvalue weighted by Crippen LogP contribution is 2.59. The third kappa shape index (κ3) is 6.94. The van der Waals surface area contributed by atoms with Crippen molar-refractivity contribution in [2.24, 2.45) is 0 Å². The molecule has 5 aromatic rings. The van der Waals surface area contributed by atoms with Gasteiger partial charge in [-0.2, -0.15) is 0 Å². The van der Waals surface area contributed by atoms with Gasteiger partial charge in [-0.05, 0) is 69.3 Å². The third-order valence-corrected chi connectivity index (χ3v) is 9.46. The number of hydrogen-bond donors (Lipinski definition) is 0. The zero-order chi connectivity index (χ0) is 40.4. The molecule has 0 unspecified atom stereocenters. The number of benzene rings is 5. The second-order valence-corrected chi connectivity index (χ2v) is 13.2. The highest BCUT2D eigenvalue weighted by Gasteiger charge is 2.57. The molecule has 0 bridgehead atoms. The van der Waals surface area contributed by atoms with Crippen LogP contribution in [0.1, 0.15) is 76.8 Å². The minimum atomic E-state index is -1.93. The molecule has 1 heterocycles. The zero-order valence-electron chi connectivity index (χ0n) is 30.8. The summed E-state index contributed by atoms with van der Waals surface area (Å²) in [4.78, 5) is 82.7. The van der Waals surface area contributed by atoms with Crippen LogP contribution in [0.15, 0.2) is 157 Å². The lowest BCUT2D eigenvalue weighted by Crippen LogP contribution is -2.39. The van der Waals surface area contributed by atoms with Crippen LogP contribution in [0.2, 0.25) is 0 Å². The van der Waals surface area contributed by atoms with Crippen LogP contribution in [0.25, 0.3) is 0 Å². The molecule has 11 nitrogen and oxygen atoms in total. The van der Waals surface area contributed by atoms with E-state index >= 15 is 4.79 Å². The first-order valence-corrected chi connectivity index (χ1v) is 17.6. The lowest BCUT2D eigenvalue weighted by atomic mass is 9.71. The van der Waals surface area contributed by atoms with Gasteiger partial charge in [-0.25, -0.2) is 19.2 Å². The van der Waals surface area contributed by atoms with Crippen molar-refractivity contribution in [3.05, 3.63) is 196 Å². The predicted molar refractivity (Wildman–Crippen MR) is 205 cm³/mol. The summed E-state index contributed by atoms with van der Waals surface area (Å²) in [6.07, 6.45) is 1.25. The van der Waals surface area contributed by atoms with Gasteiger partial charge in [0.25, 0.3) is 0 Å². The SMILES string of the molecule is C=C(OC(=O)c1ccccc1)C1=C(OC(=O)c2ccccc2)C=C2Oc3c(C(C)=O)c(OC(=O)c4ccccc4)c(C)c(OC(=O)c4ccccc4)c3[C@@]2(C)C1=O. The second kappa shape index (κ2) is 15.2. The standard InChI is InChI=1S/C46H32O11/c1-26-38(56-44(51)31-21-13-7-14-22-31)35(27(2)47)40-37(39(26)57-45(52)32-23-15-8-16-24-32)46(4)34(55-40)25-33(54-43(50)30-19-11-6-12-20-30)36(41(46)48)28(3)53-42(49)29-17-9-5-10-18-29/h5-25H,3H2,1-2,4H3/t46-/m0/s1. The van der Waals surface area contributed by atoms with E-state index in [9.17, 15) is 24.0 Å². The van der Waals surface area contributed by atoms with Gasteiger partial charge in [0.05, 0.1) is 27.8 Å². The number of ether oxygens (including phenoxy) is 5. The van der Waals surface area contributed by atoms with Crippen LogP contribution < -0.4 is 14.2 Å². The summed E-state index contributed by atoms with van der Waals surface area (Å²) in [6, 6.07) is 32.0. The van der Waals surface area contributed by atoms with E-state index in [-0.39, 0.29) is 67.7 Å². The molecule has 0 saturated heterocycles. The molecule has 7 rings (SSSR count). The summed E-state index contributed by atoms with van der Waals surface area (Å²) >= 11 is 0. The number of esters is 4. The molecule has 282 valence electrons. The van der Waals surface area contributed by atoms with Gasteiger partial charge in [0.2, 0.25) is 0 Å². The number of Topliss-reactive ketones (excluding diaryl/α,β-unsaturated/α-hetero) is 2. The highest BCUT2D eigenvalue weighted by molar-refractivity contribution is 6.14. The molecule has 0 aromatic heterocycles. The quantitative estimate of drug-likeness (QED) is 0.0587. The first kappa shape index (κ1) is 37.6. The van der Waals surface area contributed by atoms with Gasteiger partial charge in [0.1, 0.15) is 45.3 Å². The molecular formula is C46H32O11. The summed E-state index contributed by atoms with van der Waals surface area (Å²) in [5.74, 6) is -6.58. The molecular weight excluding hydrogens is 728 g/mol. The monoisotopic (exact) mass is 760 g/mol. The molecule has 11 heteroatoms. The van der Waals surface area contributed by atoms with E-state index in [0.717, 1.165) is 0 Å². The Balaban J connectivity index is 1.42. The van der Waals surface area contributed by atoms with Crippen molar-refractivity contribution in [3.63, 3.8) is 0 Å². The topological polar surface area (TPSA) is 149 Å².